The number of benzene rings is 1. The maximum absolute atomic E-state index is 11.9. The highest BCUT2D eigenvalue weighted by atomic mass is 16.6. The quantitative estimate of drug-likeness (QED) is 0.505. The summed E-state index contributed by atoms with van der Waals surface area (Å²) in [6.07, 6.45) is 1.37. The highest BCUT2D eigenvalue weighted by Gasteiger charge is 2.32. The lowest BCUT2D eigenvalue weighted by atomic mass is 10.1. The first kappa shape index (κ1) is 19.5. The van der Waals surface area contributed by atoms with E-state index in [-0.39, 0.29) is 43.9 Å². The molecular formula is C19H22N4O5. The molecule has 0 N–H and O–H groups in total. The number of imide groups is 1. The number of esters is 1. The van der Waals surface area contributed by atoms with Crippen molar-refractivity contribution < 1.29 is 23.6 Å². The number of carbonyl (C=O) groups excluding carboxylic acids is 3. The van der Waals surface area contributed by atoms with E-state index < -0.39 is 5.97 Å². The summed E-state index contributed by atoms with van der Waals surface area (Å²) < 4.78 is 10.2. The minimum atomic E-state index is -0.459. The number of carbonyl (C=O) groups is 3. The molecule has 1 aromatic heterocycles. The van der Waals surface area contributed by atoms with E-state index in [1.807, 2.05) is 24.3 Å². The number of likely N-dealkylation sites (N-methyl/N-ethyl adjacent to an activating group) is 1. The third kappa shape index (κ3) is 4.54. The molecule has 1 aliphatic heterocycles. The molecule has 0 bridgehead atoms. The number of ether oxygens (including phenoxy) is 1. The average Bonchev–Trinajstić information content (AvgIpc) is 3.26. The fourth-order valence-corrected chi connectivity index (χ4v) is 2.81. The molecule has 1 aliphatic rings. The predicted molar refractivity (Wildman–Crippen MR) is 97.9 cm³/mol. The largest absolute Gasteiger partial charge is 0.456 e. The molecule has 9 nitrogen and oxygen atoms in total. The van der Waals surface area contributed by atoms with Gasteiger partial charge in [0, 0.05) is 25.6 Å². The summed E-state index contributed by atoms with van der Waals surface area (Å²) in [5, 5.41) is 3.89. The number of urea groups is 1. The van der Waals surface area contributed by atoms with Gasteiger partial charge in [-0.3, -0.25) is 14.5 Å². The molecule has 28 heavy (non-hydrogen) atoms. The first-order chi connectivity index (χ1) is 13.5. The molecule has 9 heteroatoms. The summed E-state index contributed by atoms with van der Waals surface area (Å²) in [6, 6.07) is 7.48. The van der Waals surface area contributed by atoms with E-state index in [4.69, 9.17) is 9.26 Å². The normalized spacial score (nSPS) is 14.1. The van der Waals surface area contributed by atoms with E-state index in [2.05, 4.69) is 17.1 Å². The van der Waals surface area contributed by atoms with Crippen LogP contribution in [0.1, 0.15) is 31.2 Å². The summed E-state index contributed by atoms with van der Waals surface area (Å²) in [4.78, 5) is 42.0. The van der Waals surface area contributed by atoms with Gasteiger partial charge in [0.15, 0.2) is 6.61 Å². The summed E-state index contributed by atoms with van der Waals surface area (Å²) in [6.45, 7) is 2.22. The van der Waals surface area contributed by atoms with Crippen LogP contribution in [-0.4, -0.2) is 58.0 Å². The molecule has 1 aromatic carbocycles. The minimum absolute atomic E-state index is 0.0734. The number of rotatable bonds is 8. The van der Waals surface area contributed by atoms with Crippen molar-refractivity contribution in [3.05, 3.63) is 35.7 Å². The lowest BCUT2D eigenvalue weighted by Gasteiger charge is -2.13. The Bertz CT molecular complexity index is 861. The van der Waals surface area contributed by atoms with Crippen molar-refractivity contribution in [2.75, 3.05) is 20.1 Å². The molecule has 0 unspecified atom stereocenters. The van der Waals surface area contributed by atoms with Gasteiger partial charge in [-0.15, -0.1) is 0 Å². The van der Waals surface area contributed by atoms with Crippen LogP contribution in [0.3, 0.4) is 0 Å². The maximum atomic E-state index is 11.9. The molecule has 0 spiro atoms. The van der Waals surface area contributed by atoms with Gasteiger partial charge in [-0.2, -0.15) is 4.98 Å². The van der Waals surface area contributed by atoms with Gasteiger partial charge in [0.1, 0.15) is 6.54 Å². The molecule has 3 amide bonds. The third-order valence-electron chi connectivity index (χ3n) is 4.44. The van der Waals surface area contributed by atoms with Crippen LogP contribution in [-0.2, 0) is 27.4 Å². The Morgan fingerprint density at radius 3 is 2.64 bits per heavy atom. The number of hydrogen-bond donors (Lipinski definition) is 0. The van der Waals surface area contributed by atoms with Gasteiger partial charge in [0.2, 0.25) is 11.7 Å². The molecule has 0 atom stereocenters. The van der Waals surface area contributed by atoms with Gasteiger partial charge < -0.3 is 14.2 Å². The fourth-order valence-electron chi connectivity index (χ4n) is 2.81. The van der Waals surface area contributed by atoms with E-state index in [0.29, 0.717) is 12.2 Å². The Kier molecular flexibility index (Phi) is 6.03. The molecular weight excluding hydrogens is 364 g/mol. The number of aryl methyl sites for hydroxylation is 1. The van der Waals surface area contributed by atoms with Crippen LogP contribution in [0.25, 0.3) is 11.4 Å². The number of amides is 3. The molecule has 2 aromatic rings. The van der Waals surface area contributed by atoms with E-state index in [0.717, 1.165) is 16.9 Å². The molecule has 0 saturated carbocycles. The van der Waals surface area contributed by atoms with Crippen molar-refractivity contribution in [3.8, 4) is 11.4 Å². The lowest BCUT2D eigenvalue weighted by Crippen LogP contribution is -2.32. The number of aromatic nitrogens is 2. The number of nitrogens with zero attached hydrogens (tertiary/aromatic N) is 4. The first-order valence-electron chi connectivity index (χ1n) is 9.11. The van der Waals surface area contributed by atoms with E-state index >= 15 is 0 Å². The molecule has 1 saturated heterocycles. The smallest absolute Gasteiger partial charge is 0.326 e. The summed E-state index contributed by atoms with van der Waals surface area (Å²) in [5.41, 5.74) is 2.04. The second-order valence-electron chi connectivity index (χ2n) is 6.51. The second kappa shape index (κ2) is 8.64. The van der Waals surface area contributed by atoms with Crippen molar-refractivity contribution in [2.45, 2.75) is 32.8 Å². The summed E-state index contributed by atoms with van der Waals surface area (Å²) in [7, 11) is 1.56. The number of hydrogen-bond acceptors (Lipinski definition) is 7. The van der Waals surface area contributed by atoms with Crippen LogP contribution in [0.4, 0.5) is 4.79 Å². The van der Waals surface area contributed by atoms with Crippen molar-refractivity contribution in [1.29, 1.82) is 0 Å². The Morgan fingerprint density at radius 2 is 2.00 bits per heavy atom. The van der Waals surface area contributed by atoms with Crippen LogP contribution < -0.4 is 0 Å². The van der Waals surface area contributed by atoms with E-state index in [1.165, 1.54) is 10.5 Å². The molecule has 0 radical (unpaired) electrons. The Morgan fingerprint density at radius 1 is 1.25 bits per heavy atom. The molecule has 0 aliphatic carbocycles. The van der Waals surface area contributed by atoms with Gasteiger partial charge in [-0.05, 0) is 18.4 Å². The zero-order valence-corrected chi connectivity index (χ0v) is 15.9. The Balaban J connectivity index is 1.43. The van der Waals surface area contributed by atoms with Gasteiger partial charge in [0.25, 0.3) is 5.89 Å². The predicted octanol–water partition coefficient (Wildman–Crippen LogP) is 2.02. The van der Waals surface area contributed by atoms with E-state index in [9.17, 15) is 14.4 Å². The topological polar surface area (TPSA) is 106 Å². The van der Waals surface area contributed by atoms with Gasteiger partial charge in [-0.25, -0.2) is 4.79 Å². The van der Waals surface area contributed by atoms with Gasteiger partial charge in [-0.1, -0.05) is 36.3 Å². The Hall–Kier alpha value is -3.23. The Labute approximate surface area is 162 Å². The monoisotopic (exact) mass is 386 g/mol. The van der Waals surface area contributed by atoms with Crippen LogP contribution in [0.2, 0.25) is 0 Å². The van der Waals surface area contributed by atoms with Crippen LogP contribution in [0.5, 0.6) is 0 Å². The molecule has 3 rings (SSSR count). The second-order valence-corrected chi connectivity index (χ2v) is 6.51. The zero-order chi connectivity index (χ0) is 20.1. The summed E-state index contributed by atoms with van der Waals surface area (Å²) >= 11 is 0. The van der Waals surface area contributed by atoms with Gasteiger partial charge >= 0.3 is 12.0 Å². The maximum Gasteiger partial charge on any atom is 0.326 e. The van der Waals surface area contributed by atoms with Crippen LogP contribution in [0.15, 0.2) is 28.8 Å². The SMILES string of the molecule is CCc1ccc(-c2noc(COC(=O)CCCN3C(=O)CN(C)C3=O)n2)cc1. The van der Waals surface area contributed by atoms with Crippen molar-refractivity contribution in [3.63, 3.8) is 0 Å². The lowest BCUT2D eigenvalue weighted by molar-refractivity contribution is -0.146. The molecule has 2 heterocycles. The minimum Gasteiger partial charge on any atom is -0.456 e. The summed E-state index contributed by atoms with van der Waals surface area (Å²) in [5.74, 6) is -0.0796. The molecule has 1 fully saturated rings. The molecule has 148 valence electrons. The van der Waals surface area contributed by atoms with E-state index in [1.54, 1.807) is 7.05 Å². The van der Waals surface area contributed by atoms with Crippen LogP contribution in [0, 0.1) is 0 Å². The average molecular weight is 386 g/mol. The zero-order valence-electron chi connectivity index (χ0n) is 15.9. The highest BCUT2D eigenvalue weighted by molar-refractivity contribution is 6.01. The third-order valence-corrected chi connectivity index (χ3v) is 4.44. The van der Waals surface area contributed by atoms with Gasteiger partial charge in [0.05, 0.1) is 0 Å². The van der Waals surface area contributed by atoms with Crippen molar-refractivity contribution >= 4 is 17.9 Å². The fraction of sp³-hybridized carbons (Fsp3) is 0.421. The first-order valence-corrected chi connectivity index (χ1v) is 9.11. The van der Waals surface area contributed by atoms with Crippen molar-refractivity contribution in [1.82, 2.24) is 19.9 Å². The van der Waals surface area contributed by atoms with Crippen LogP contribution >= 0.6 is 0 Å². The highest BCUT2D eigenvalue weighted by Crippen LogP contribution is 2.17. The van der Waals surface area contributed by atoms with Crippen molar-refractivity contribution in [2.24, 2.45) is 0 Å². The standard InChI is InChI=1S/C19H22N4O5/c1-3-13-6-8-14(9-7-13)18-20-15(28-21-18)12-27-17(25)5-4-10-23-16(24)11-22(2)19(23)26/h6-9H,3-5,10-12H2,1-2H3.